The highest BCUT2D eigenvalue weighted by molar-refractivity contribution is 6.31. The minimum atomic E-state index is -2.80. The molecule has 0 fully saturated rings. The molecule has 0 bridgehead atoms. The fraction of sp³-hybridized carbons (Fsp3) is 0.455. The van der Waals surface area contributed by atoms with Gasteiger partial charge in [0.15, 0.2) is 0 Å². The van der Waals surface area contributed by atoms with Crippen LogP contribution in [-0.4, -0.2) is 24.7 Å². The summed E-state index contributed by atoms with van der Waals surface area (Å²) in [6.45, 7) is 1.90. The van der Waals surface area contributed by atoms with Gasteiger partial charge in [-0.1, -0.05) is 11.6 Å². The highest BCUT2D eigenvalue weighted by Crippen LogP contribution is 2.30. The summed E-state index contributed by atoms with van der Waals surface area (Å²) in [7, 11) is 1.28. The van der Waals surface area contributed by atoms with Crippen LogP contribution in [0.3, 0.4) is 0 Å². The van der Waals surface area contributed by atoms with Crippen LogP contribution in [0.2, 0.25) is 5.02 Å². The molecule has 18 heavy (non-hydrogen) atoms. The van der Waals surface area contributed by atoms with Crippen LogP contribution in [0.1, 0.15) is 24.6 Å². The van der Waals surface area contributed by atoms with Gasteiger partial charge in [-0.05, 0) is 13.0 Å². The van der Waals surface area contributed by atoms with E-state index in [1.54, 1.807) is 6.92 Å². The van der Waals surface area contributed by atoms with Crippen molar-refractivity contribution in [2.24, 2.45) is 0 Å². The van der Waals surface area contributed by atoms with Crippen LogP contribution in [0.15, 0.2) is 6.07 Å². The van der Waals surface area contributed by atoms with E-state index in [4.69, 9.17) is 21.1 Å². The van der Waals surface area contributed by atoms with E-state index >= 15 is 0 Å². The van der Waals surface area contributed by atoms with E-state index in [0.717, 1.165) is 0 Å². The number of carbonyl (C=O) groups excluding carboxylic acids is 1. The quantitative estimate of drug-likeness (QED) is 0.778. The first kappa shape index (κ1) is 14.6. The highest BCUT2D eigenvalue weighted by atomic mass is 35.5. The van der Waals surface area contributed by atoms with Crippen molar-refractivity contribution in [3.05, 3.63) is 22.3 Å². The molecule has 0 saturated heterocycles. The second-order valence-corrected chi connectivity index (χ2v) is 3.71. The van der Waals surface area contributed by atoms with Gasteiger partial charge in [-0.25, -0.2) is 13.8 Å². The topological polar surface area (TPSA) is 48.4 Å². The average Bonchev–Trinajstić information content (AvgIpc) is 2.29. The Bertz CT molecular complexity index is 441. The number of ether oxygens (including phenoxy) is 2. The summed E-state index contributed by atoms with van der Waals surface area (Å²) in [5.74, 6) is -0.554. The van der Waals surface area contributed by atoms with E-state index in [1.807, 2.05) is 0 Å². The third-order valence-electron chi connectivity index (χ3n) is 2.08. The van der Waals surface area contributed by atoms with E-state index < -0.39 is 18.1 Å². The number of carbonyl (C=O) groups is 1. The maximum absolute atomic E-state index is 12.6. The zero-order chi connectivity index (χ0) is 13.7. The van der Waals surface area contributed by atoms with Gasteiger partial charge < -0.3 is 9.47 Å². The minimum Gasteiger partial charge on any atom is -0.481 e. The Morgan fingerprint density at radius 2 is 2.22 bits per heavy atom. The molecule has 0 aromatic carbocycles. The molecule has 0 spiro atoms. The van der Waals surface area contributed by atoms with E-state index in [2.05, 4.69) is 4.98 Å². The molecule has 100 valence electrons. The average molecular weight is 280 g/mol. The van der Waals surface area contributed by atoms with Crippen LogP contribution in [0.4, 0.5) is 8.78 Å². The van der Waals surface area contributed by atoms with Gasteiger partial charge in [0.1, 0.15) is 5.69 Å². The number of aromatic nitrogens is 1. The van der Waals surface area contributed by atoms with Gasteiger partial charge in [0.05, 0.1) is 25.2 Å². The Morgan fingerprint density at radius 3 is 2.72 bits per heavy atom. The summed E-state index contributed by atoms with van der Waals surface area (Å²) in [4.78, 5) is 14.9. The summed E-state index contributed by atoms with van der Waals surface area (Å²) < 4.78 is 34.7. The molecule has 1 rings (SSSR count). The van der Waals surface area contributed by atoms with Crippen molar-refractivity contribution in [1.29, 1.82) is 0 Å². The predicted molar refractivity (Wildman–Crippen MR) is 61.1 cm³/mol. The van der Waals surface area contributed by atoms with Gasteiger partial charge in [-0.15, -0.1) is 0 Å². The van der Waals surface area contributed by atoms with Crippen molar-refractivity contribution in [1.82, 2.24) is 4.98 Å². The molecule has 1 heterocycles. The van der Waals surface area contributed by atoms with Gasteiger partial charge in [0, 0.05) is 5.56 Å². The summed E-state index contributed by atoms with van der Waals surface area (Å²) >= 11 is 5.66. The van der Waals surface area contributed by atoms with Crippen LogP contribution in [0, 0.1) is 0 Å². The molecule has 4 nitrogen and oxygen atoms in total. The molecule has 0 radical (unpaired) electrons. The molecule has 0 aliphatic carbocycles. The van der Waals surface area contributed by atoms with Gasteiger partial charge in [0.25, 0.3) is 6.43 Å². The Labute approximate surface area is 108 Å². The predicted octanol–water partition coefficient (Wildman–Crippen LogP) is 2.79. The lowest BCUT2D eigenvalue weighted by atomic mass is 10.2. The number of alkyl halides is 2. The largest absolute Gasteiger partial charge is 0.481 e. The van der Waals surface area contributed by atoms with Gasteiger partial charge in [-0.2, -0.15) is 0 Å². The van der Waals surface area contributed by atoms with E-state index in [-0.39, 0.29) is 23.9 Å². The third kappa shape index (κ3) is 3.53. The Balaban J connectivity index is 3.05. The first-order valence-corrected chi connectivity index (χ1v) is 5.54. The van der Waals surface area contributed by atoms with Crippen LogP contribution in [0.5, 0.6) is 5.88 Å². The number of hydrogen-bond donors (Lipinski definition) is 0. The Morgan fingerprint density at radius 1 is 1.56 bits per heavy atom. The summed E-state index contributed by atoms with van der Waals surface area (Å²) in [5.41, 5.74) is -0.258. The number of rotatable bonds is 5. The molecule has 0 unspecified atom stereocenters. The molecule has 1 aromatic rings. The van der Waals surface area contributed by atoms with E-state index in [0.29, 0.717) is 5.56 Å². The number of halogens is 3. The lowest BCUT2D eigenvalue weighted by Gasteiger charge is -2.10. The van der Waals surface area contributed by atoms with Gasteiger partial charge >= 0.3 is 5.97 Å². The maximum Gasteiger partial charge on any atom is 0.310 e. The SMILES string of the molecule is CCOC(=O)Cc1cc(Cl)c(C(F)F)nc1OC. The normalized spacial score (nSPS) is 10.6. The van der Waals surface area contributed by atoms with Crippen LogP contribution in [0.25, 0.3) is 0 Å². The summed E-state index contributed by atoms with van der Waals surface area (Å²) in [5, 5.41) is -0.204. The second kappa shape index (κ2) is 6.49. The minimum absolute atomic E-state index is 0.0530. The van der Waals surface area contributed by atoms with Crippen molar-refractivity contribution in [3.8, 4) is 5.88 Å². The molecule has 0 aliphatic rings. The Kier molecular flexibility index (Phi) is 5.27. The molecular formula is C11H12ClF2NO3. The first-order valence-electron chi connectivity index (χ1n) is 5.16. The molecule has 0 aliphatic heterocycles. The van der Waals surface area contributed by atoms with Gasteiger partial charge in [0.2, 0.25) is 5.88 Å². The summed E-state index contributed by atoms with van der Waals surface area (Å²) in [6, 6.07) is 1.24. The van der Waals surface area contributed by atoms with Crippen molar-refractivity contribution in [2.75, 3.05) is 13.7 Å². The molecule has 7 heteroatoms. The lowest BCUT2D eigenvalue weighted by molar-refractivity contribution is -0.142. The van der Waals surface area contributed by atoms with Crippen LogP contribution in [-0.2, 0) is 16.0 Å². The fourth-order valence-electron chi connectivity index (χ4n) is 1.35. The number of esters is 1. The molecule has 1 aromatic heterocycles. The van der Waals surface area contributed by atoms with Crippen molar-refractivity contribution < 1.29 is 23.0 Å². The number of nitrogens with zero attached hydrogens (tertiary/aromatic N) is 1. The number of methoxy groups -OCH3 is 1. The molecular weight excluding hydrogens is 268 g/mol. The van der Waals surface area contributed by atoms with Crippen molar-refractivity contribution >= 4 is 17.6 Å². The fourth-order valence-corrected chi connectivity index (χ4v) is 1.60. The molecule has 0 N–H and O–H groups in total. The van der Waals surface area contributed by atoms with Crippen LogP contribution >= 0.6 is 11.6 Å². The van der Waals surface area contributed by atoms with Gasteiger partial charge in [-0.3, -0.25) is 4.79 Å². The maximum atomic E-state index is 12.6. The zero-order valence-corrected chi connectivity index (χ0v) is 10.6. The van der Waals surface area contributed by atoms with Crippen LogP contribution < -0.4 is 4.74 Å². The molecule has 0 saturated carbocycles. The molecule has 0 amide bonds. The standard InChI is InChI=1S/C11H12ClF2NO3/c1-3-18-8(16)5-6-4-7(12)9(10(13)14)15-11(6)17-2/h4,10H,3,5H2,1-2H3. The number of hydrogen-bond acceptors (Lipinski definition) is 4. The van der Waals surface area contributed by atoms with E-state index in [1.165, 1.54) is 13.2 Å². The summed E-state index contributed by atoms with van der Waals surface area (Å²) in [6.07, 6.45) is -2.93. The van der Waals surface area contributed by atoms with Crippen molar-refractivity contribution in [3.63, 3.8) is 0 Å². The smallest absolute Gasteiger partial charge is 0.310 e. The van der Waals surface area contributed by atoms with Crippen molar-refractivity contribution in [2.45, 2.75) is 19.8 Å². The zero-order valence-electron chi connectivity index (χ0n) is 9.87. The monoisotopic (exact) mass is 279 g/mol. The third-order valence-corrected chi connectivity index (χ3v) is 2.39. The lowest BCUT2D eigenvalue weighted by Crippen LogP contribution is -2.10. The Hall–Kier alpha value is -1.43. The first-order chi connectivity index (χ1) is 8.49. The number of pyridine rings is 1. The second-order valence-electron chi connectivity index (χ2n) is 3.31. The highest BCUT2D eigenvalue weighted by Gasteiger charge is 2.19. The molecule has 0 atom stereocenters. The van der Waals surface area contributed by atoms with E-state index in [9.17, 15) is 13.6 Å².